The number of allylic oxidation sites excluding steroid dienone is 1. The topological polar surface area (TPSA) is 0 Å². The number of rotatable bonds is 7. The highest BCUT2D eigenvalue weighted by Gasteiger charge is 2.08. The largest absolute Gasteiger partial charge is 0.153 e. The Balaban J connectivity index is 2.53. The fourth-order valence-electron chi connectivity index (χ4n) is 1.49. The fourth-order valence-corrected chi connectivity index (χ4v) is 2.85. The van der Waals surface area contributed by atoms with E-state index in [0.29, 0.717) is 5.25 Å². The van der Waals surface area contributed by atoms with E-state index in [1.165, 1.54) is 24.2 Å². The number of thioether (sulfide) groups is 1. The Hall–Kier alpha value is -0.690. The molecule has 0 aliphatic carbocycles. The van der Waals surface area contributed by atoms with Crippen LogP contribution in [0.25, 0.3) is 0 Å². The van der Waals surface area contributed by atoms with Gasteiger partial charge < -0.3 is 0 Å². The molecule has 1 aromatic carbocycles. The molecule has 0 nitrogen and oxygen atoms in total. The predicted octanol–water partition coefficient (Wildman–Crippen LogP) is 4.84. The first-order valence-electron chi connectivity index (χ1n) is 5.66. The minimum Gasteiger partial charge on any atom is -0.153 e. The van der Waals surface area contributed by atoms with Crippen LogP contribution in [-0.4, -0.2) is 5.75 Å². The van der Waals surface area contributed by atoms with Gasteiger partial charge in [-0.3, -0.25) is 0 Å². The molecule has 0 fully saturated rings. The van der Waals surface area contributed by atoms with Crippen molar-refractivity contribution in [3.05, 3.63) is 48.6 Å². The van der Waals surface area contributed by atoms with Crippen LogP contribution in [0.2, 0.25) is 0 Å². The second-order valence-electron chi connectivity index (χ2n) is 3.65. The Morgan fingerprint density at radius 1 is 1.33 bits per heavy atom. The summed E-state index contributed by atoms with van der Waals surface area (Å²) in [6.07, 6.45) is 5.68. The average molecular weight is 220 g/mol. The lowest BCUT2D eigenvalue weighted by molar-refractivity contribution is 0.886. The summed E-state index contributed by atoms with van der Waals surface area (Å²) in [5.74, 6) is 1.25. The molecule has 0 aliphatic heterocycles. The van der Waals surface area contributed by atoms with Crippen LogP contribution in [0.3, 0.4) is 0 Å². The average Bonchev–Trinajstić information content (AvgIpc) is 2.29. The molecule has 1 rings (SSSR count). The van der Waals surface area contributed by atoms with Gasteiger partial charge in [0.2, 0.25) is 0 Å². The molecule has 0 amide bonds. The van der Waals surface area contributed by atoms with Crippen molar-refractivity contribution < 1.29 is 0 Å². The van der Waals surface area contributed by atoms with E-state index in [1.54, 1.807) is 0 Å². The summed E-state index contributed by atoms with van der Waals surface area (Å²) in [6.45, 7) is 6.08. The second kappa shape index (κ2) is 7.58. The third kappa shape index (κ3) is 4.57. The van der Waals surface area contributed by atoms with Gasteiger partial charge in [-0.15, -0.1) is 6.58 Å². The summed E-state index contributed by atoms with van der Waals surface area (Å²) in [6, 6.07) is 10.7. The SMILES string of the molecule is C=CCC(SCCCC)c1ccccc1. The molecule has 15 heavy (non-hydrogen) atoms. The number of hydrogen-bond donors (Lipinski definition) is 0. The van der Waals surface area contributed by atoms with E-state index < -0.39 is 0 Å². The molecule has 0 saturated heterocycles. The van der Waals surface area contributed by atoms with Gasteiger partial charge in [0.15, 0.2) is 0 Å². The normalized spacial score (nSPS) is 12.3. The fraction of sp³-hybridized carbons (Fsp3) is 0.429. The summed E-state index contributed by atoms with van der Waals surface area (Å²) < 4.78 is 0. The first-order chi connectivity index (χ1) is 7.38. The van der Waals surface area contributed by atoms with Crippen LogP contribution < -0.4 is 0 Å². The molecular formula is C14H20S. The zero-order valence-electron chi connectivity index (χ0n) is 9.49. The number of benzene rings is 1. The molecular weight excluding hydrogens is 200 g/mol. The molecule has 1 unspecified atom stereocenters. The monoisotopic (exact) mass is 220 g/mol. The summed E-state index contributed by atoms with van der Waals surface area (Å²) in [4.78, 5) is 0. The third-order valence-corrected chi connectivity index (χ3v) is 3.76. The molecule has 0 N–H and O–H groups in total. The van der Waals surface area contributed by atoms with E-state index in [0.717, 1.165) is 6.42 Å². The van der Waals surface area contributed by atoms with Crippen LogP contribution >= 0.6 is 11.8 Å². The smallest absolute Gasteiger partial charge is 0.0331 e. The van der Waals surface area contributed by atoms with Crippen molar-refractivity contribution >= 4 is 11.8 Å². The van der Waals surface area contributed by atoms with Crippen molar-refractivity contribution in [3.63, 3.8) is 0 Å². The lowest BCUT2D eigenvalue weighted by Crippen LogP contribution is -1.94. The van der Waals surface area contributed by atoms with E-state index >= 15 is 0 Å². The van der Waals surface area contributed by atoms with Gasteiger partial charge in [0.25, 0.3) is 0 Å². The van der Waals surface area contributed by atoms with Crippen LogP contribution in [-0.2, 0) is 0 Å². The van der Waals surface area contributed by atoms with Crippen molar-refractivity contribution in [2.75, 3.05) is 5.75 Å². The van der Waals surface area contributed by atoms with Crippen molar-refractivity contribution in [1.82, 2.24) is 0 Å². The molecule has 0 radical (unpaired) electrons. The van der Waals surface area contributed by atoms with Crippen LogP contribution in [0.5, 0.6) is 0 Å². The highest BCUT2D eigenvalue weighted by Crippen LogP contribution is 2.32. The first kappa shape index (κ1) is 12.4. The zero-order chi connectivity index (χ0) is 10.9. The maximum absolute atomic E-state index is 3.84. The molecule has 0 aromatic heterocycles. The Bertz CT molecular complexity index is 266. The summed E-state index contributed by atoms with van der Waals surface area (Å²) in [5.41, 5.74) is 1.43. The van der Waals surface area contributed by atoms with E-state index in [9.17, 15) is 0 Å². The van der Waals surface area contributed by atoms with Gasteiger partial charge in [-0.25, -0.2) is 0 Å². The lowest BCUT2D eigenvalue weighted by atomic mass is 10.1. The molecule has 0 spiro atoms. The van der Waals surface area contributed by atoms with Crippen LogP contribution in [0.4, 0.5) is 0 Å². The van der Waals surface area contributed by atoms with E-state index in [1.807, 2.05) is 6.08 Å². The highest BCUT2D eigenvalue weighted by atomic mass is 32.2. The number of hydrogen-bond acceptors (Lipinski definition) is 1. The van der Waals surface area contributed by atoms with Crippen LogP contribution in [0, 0.1) is 0 Å². The summed E-state index contributed by atoms with van der Waals surface area (Å²) in [7, 11) is 0. The maximum Gasteiger partial charge on any atom is 0.0331 e. The molecule has 0 heterocycles. The molecule has 0 saturated carbocycles. The number of unbranched alkanes of at least 4 members (excludes halogenated alkanes) is 1. The Kier molecular flexibility index (Phi) is 6.26. The standard InChI is InChI=1S/C14H20S/c1-3-5-12-15-14(9-4-2)13-10-7-6-8-11-13/h4,6-8,10-11,14H,2-3,5,9,12H2,1H3. The molecule has 1 atom stereocenters. The second-order valence-corrected chi connectivity index (χ2v) is 4.96. The zero-order valence-corrected chi connectivity index (χ0v) is 10.3. The van der Waals surface area contributed by atoms with Gasteiger partial charge >= 0.3 is 0 Å². The van der Waals surface area contributed by atoms with Gasteiger partial charge in [-0.2, -0.15) is 11.8 Å². The molecule has 0 aliphatic rings. The van der Waals surface area contributed by atoms with Crippen molar-refractivity contribution in [2.24, 2.45) is 0 Å². The molecule has 1 aromatic rings. The van der Waals surface area contributed by atoms with Crippen molar-refractivity contribution in [2.45, 2.75) is 31.4 Å². The van der Waals surface area contributed by atoms with E-state index in [4.69, 9.17) is 0 Å². The minimum absolute atomic E-state index is 0.593. The third-order valence-electron chi connectivity index (χ3n) is 2.37. The van der Waals surface area contributed by atoms with Crippen LogP contribution in [0.15, 0.2) is 43.0 Å². The predicted molar refractivity (Wildman–Crippen MR) is 71.4 cm³/mol. The lowest BCUT2D eigenvalue weighted by Gasteiger charge is -2.14. The Morgan fingerprint density at radius 3 is 2.67 bits per heavy atom. The highest BCUT2D eigenvalue weighted by molar-refractivity contribution is 7.99. The minimum atomic E-state index is 0.593. The molecule has 1 heteroatoms. The van der Waals surface area contributed by atoms with Gasteiger partial charge in [0.05, 0.1) is 0 Å². The Morgan fingerprint density at radius 2 is 2.07 bits per heavy atom. The van der Waals surface area contributed by atoms with Crippen molar-refractivity contribution in [1.29, 1.82) is 0 Å². The van der Waals surface area contributed by atoms with Gasteiger partial charge in [-0.05, 0) is 24.2 Å². The van der Waals surface area contributed by atoms with Crippen LogP contribution in [0.1, 0.15) is 37.0 Å². The van der Waals surface area contributed by atoms with E-state index in [-0.39, 0.29) is 0 Å². The molecule has 82 valence electrons. The summed E-state index contributed by atoms with van der Waals surface area (Å²) in [5, 5.41) is 0.593. The Labute approximate surface area is 97.8 Å². The first-order valence-corrected chi connectivity index (χ1v) is 6.70. The van der Waals surface area contributed by atoms with Crippen molar-refractivity contribution in [3.8, 4) is 0 Å². The maximum atomic E-state index is 3.84. The molecule has 0 bridgehead atoms. The van der Waals surface area contributed by atoms with Gasteiger partial charge in [0, 0.05) is 5.25 Å². The quantitative estimate of drug-likeness (QED) is 0.468. The van der Waals surface area contributed by atoms with Gasteiger partial charge in [-0.1, -0.05) is 49.8 Å². The van der Waals surface area contributed by atoms with Gasteiger partial charge in [0.1, 0.15) is 0 Å². The summed E-state index contributed by atoms with van der Waals surface area (Å²) >= 11 is 2.05. The van der Waals surface area contributed by atoms with E-state index in [2.05, 4.69) is 55.6 Å².